The molecule has 5 nitrogen and oxygen atoms in total. The first-order valence-corrected chi connectivity index (χ1v) is 42.9. The minimum atomic E-state index is -0.563. The fourth-order valence-electron chi connectivity index (χ4n) is 20.5. The molecule has 16 aromatic carbocycles. The van der Waals surface area contributed by atoms with Crippen LogP contribution in [0.15, 0.2) is 340 Å². The van der Waals surface area contributed by atoms with Crippen LogP contribution in [-0.2, 0) is 27.1 Å². The van der Waals surface area contributed by atoms with E-state index in [2.05, 4.69) is 403 Å². The van der Waals surface area contributed by atoms with Gasteiger partial charge in [-0.2, -0.15) is 0 Å². The third-order valence-electron chi connectivity index (χ3n) is 26.6. The van der Waals surface area contributed by atoms with Gasteiger partial charge in [-0.25, -0.2) is 0 Å². The standard InChI is InChI=1S/C115H98B2N4O/c1-111(2,3)76-60-77(112(4,5)6)62-80(61-76)119-100-70-104-95(69-94(100)116-92-52-31-35-56-98(92)121(103-68-81(67-102(119)107(103)116)118-96-54-33-28-47-84(96)85-48-29-34-55-97(85)118)110-89(73-42-23-17-24-43-73)65-79(114(10,11)12)66-90(110)74-44-25-18-26-45-74)117-93-53-32-36-57-99(93)120(109-87(71-38-19-15-20-39-71)63-78(113(7,8)9)64-88(109)72-40-21-16-22-41-72)101-58-75(59-105(122-104)108(101)117)82-49-37-50-86-83-46-27-30-51-91(83)115(13,14)106(82)86/h15-70H,1-14H3/i28D,29D,33D,34D,47D,48D,54D,55D. The fraction of sp³-hybridized carbons (Fsp3) is 0.165. The van der Waals surface area contributed by atoms with Crippen LogP contribution in [0.4, 0.5) is 51.2 Å². The maximum Gasteiger partial charge on any atom is 0.256 e. The van der Waals surface area contributed by atoms with Crippen LogP contribution >= 0.6 is 0 Å². The molecule has 1 aliphatic carbocycles. The molecular weight excluding hydrogens is 1470 g/mol. The molecule has 0 N–H and O–H groups in total. The van der Waals surface area contributed by atoms with Crippen molar-refractivity contribution in [1.82, 2.24) is 4.57 Å². The van der Waals surface area contributed by atoms with Crippen molar-refractivity contribution in [3.63, 3.8) is 0 Å². The van der Waals surface area contributed by atoms with E-state index in [0.29, 0.717) is 11.4 Å². The van der Waals surface area contributed by atoms with E-state index in [1.54, 1.807) is 4.57 Å². The van der Waals surface area contributed by atoms with E-state index in [0.717, 1.165) is 162 Å². The highest BCUT2D eigenvalue weighted by Crippen LogP contribution is 2.58. The van der Waals surface area contributed by atoms with Crippen molar-refractivity contribution in [3.8, 4) is 83.9 Å². The summed E-state index contributed by atoms with van der Waals surface area (Å²) in [6.07, 6.45) is 0. The Bertz CT molecular complexity index is 7480. The lowest BCUT2D eigenvalue weighted by Gasteiger charge is -2.46. The largest absolute Gasteiger partial charge is 0.458 e. The number of aromatic nitrogens is 1. The molecule has 4 aliphatic heterocycles. The SMILES string of the molecule is [2H]c1c([2H])c([2H])c2c(c1[2H])c1c([2H])c([2H])c([2H])c([2H])c1n2-c1cc2c3c(c1)N(c1c(-c4ccccc4)cc(C(C)(C)C)cc1-c1ccccc1)c1ccccc1B3c1cc3c(cc1N2c1cc(C(C)(C)C)cc(C(C)(C)C)c1)Oc1cc(-c2cccc4c2C(C)(C)c2ccccc2-4)cc2c1B3c1ccccc1N2c1c(-c2ccccc2)cc(C(C)(C)C)cc1-c1ccccc1. The van der Waals surface area contributed by atoms with Crippen molar-refractivity contribution in [2.45, 2.75) is 124 Å². The minimum Gasteiger partial charge on any atom is -0.458 e. The van der Waals surface area contributed by atoms with Crippen LogP contribution in [0, 0.1) is 0 Å². The van der Waals surface area contributed by atoms with E-state index in [9.17, 15) is 11.0 Å². The van der Waals surface area contributed by atoms with Crippen LogP contribution in [-0.4, -0.2) is 18.0 Å². The van der Waals surface area contributed by atoms with Gasteiger partial charge in [0.05, 0.1) is 39.1 Å². The highest BCUT2D eigenvalue weighted by Gasteiger charge is 2.50. The van der Waals surface area contributed by atoms with Gasteiger partial charge in [-0.15, -0.1) is 0 Å². The number of nitrogens with zero attached hydrogens (tertiary/aromatic N) is 4. The molecule has 1 aromatic heterocycles. The Kier molecular flexibility index (Phi) is 14.9. The van der Waals surface area contributed by atoms with Crippen molar-refractivity contribution in [2.75, 3.05) is 14.7 Å². The number of hydrogen-bond donors (Lipinski definition) is 0. The lowest BCUT2D eigenvalue weighted by molar-refractivity contribution is 0.488. The molecule has 0 spiro atoms. The molecule has 0 saturated heterocycles. The Morgan fingerprint density at radius 3 is 1.20 bits per heavy atom. The molecule has 0 bridgehead atoms. The van der Waals surface area contributed by atoms with Crippen molar-refractivity contribution >= 4 is 119 Å². The van der Waals surface area contributed by atoms with Crippen LogP contribution in [0.5, 0.6) is 11.5 Å². The van der Waals surface area contributed by atoms with E-state index < -0.39 is 55.1 Å². The van der Waals surface area contributed by atoms with Crippen LogP contribution in [0.25, 0.3) is 94.3 Å². The first kappa shape index (κ1) is 66.5. The molecule has 5 aliphatic rings. The molecule has 0 atom stereocenters. The number of para-hydroxylation sites is 4. The summed E-state index contributed by atoms with van der Waals surface area (Å²) in [5.74, 6) is 1.39. The first-order valence-electron chi connectivity index (χ1n) is 46.9. The zero-order chi connectivity index (χ0) is 90.3. The van der Waals surface area contributed by atoms with Gasteiger partial charge in [0.1, 0.15) is 11.5 Å². The Hall–Kier alpha value is -13.4. The van der Waals surface area contributed by atoms with E-state index in [1.807, 2.05) is 0 Å². The molecule has 0 unspecified atom stereocenters. The molecule has 0 amide bonds. The Labute approximate surface area is 730 Å². The summed E-state index contributed by atoms with van der Waals surface area (Å²) in [7, 11) is 0. The lowest BCUT2D eigenvalue weighted by atomic mass is 9.30. The third kappa shape index (κ3) is 11.7. The molecule has 5 heterocycles. The number of benzene rings is 16. The Morgan fingerprint density at radius 2 is 0.705 bits per heavy atom. The molecule has 122 heavy (non-hydrogen) atoms. The first-order chi connectivity index (χ1) is 62.1. The maximum atomic E-state index is 10.2. The second-order valence-corrected chi connectivity index (χ2v) is 38.6. The monoisotopic (exact) mass is 1580 g/mol. The van der Waals surface area contributed by atoms with Crippen molar-refractivity contribution in [1.29, 1.82) is 0 Å². The fourth-order valence-corrected chi connectivity index (χ4v) is 20.5. The van der Waals surface area contributed by atoms with Gasteiger partial charge in [0.2, 0.25) is 0 Å². The normalized spacial score (nSPS) is 15.0. The Morgan fingerprint density at radius 1 is 0.295 bits per heavy atom. The van der Waals surface area contributed by atoms with Gasteiger partial charge in [0.15, 0.2) is 0 Å². The van der Waals surface area contributed by atoms with Crippen LogP contribution in [0.2, 0.25) is 0 Å². The van der Waals surface area contributed by atoms with E-state index in [4.69, 9.17) is 4.74 Å². The number of hydrogen-bond acceptors (Lipinski definition) is 4. The summed E-state index contributed by atoms with van der Waals surface area (Å²) in [6, 6.07) is 104. The van der Waals surface area contributed by atoms with Crippen LogP contribution < -0.4 is 52.2 Å². The highest BCUT2D eigenvalue weighted by atomic mass is 16.5. The van der Waals surface area contributed by atoms with Crippen molar-refractivity contribution in [2.24, 2.45) is 0 Å². The molecule has 0 fully saturated rings. The summed E-state index contributed by atoms with van der Waals surface area (Å²) in [5.41, 5.74) is 32.8. The van der Waals surface area contributed by atoms with Gasteiger partial charge >= 0.3 is 0 Å². The number of anilines is 9. The van der Waals surface area contributed by atoms with E-state index in [-0.39, 0.29) is 55.6 Å². The summed E-state index contributed by atoms with van der Waals surface area (Å²) < 4.78 is 88.1. The van der Waals surface area contributed by atoms with Gasteiger partial charge in [0.25, 0.3) is 13.4 Å². The molecule has 590 valence electrons. The predicted molar refractivity (Wildman–Crippen MR) is 520 cm³/mol. The molecule has 17 aromatic rings. The molecular formula is C115H98B2N4O. The molecule has 7 heteroatoms. The topological polar surface area (TPSA) is 23.9 Å². The molecule has 22 rings (SSSR count). The van der Waals surface area contributed by atoms with Crippen LogP contribution in [0.1, 0.15) is 141 Å². The Balaban J connectivity index is 0.901. The summed E-state index contributed by atoms with van der Waals surface area (Å²) in [5, 5.41) is -0.0189. The second kappa shape index (κ2) is 27.3. The van der Waals surface area contributed by atoms with Crippen molar-refractivity contribution < 1.29 is 15.7 Å². The van der Waals surface area contributed by atoms with Crippen LogP contribution in [0.3, 0.4) is 0 Å². The highest BCUT2D eigenvalue weighted by molar-refractivity contribution is 7.02. The average molecular weight is 1580 g/mol. The van der Waals surface area contributed by atoms with E-state index >= 15 is 0 Å². The van der Waals surface area contributed by atoms with Gasteiger partial charge in [-0.1, -0.05) is 346 Å². The summed E-state index contributed by atoms with van der Waals surface area (Å²) in [6.45, 7) is 31.1. The zero-order valence-electron chi connectivity index (χ0n) is 79.6. The predicted octanol–water partition coefficient (Wildman–Crippen LogP) is 27.1. The van der Waals surface area contributed by atoms with Gasteiger partial charge in [-0.05, 0) is 217 Å². The number of rotatable bonds is 9. The molecule has 0 saturated carbocycles. The van der Waals surface area contributed by atoms with Gasteiger partial charge in [-0.3, -0.25) is 0 Å². The minimum absolute atomic E-state index is 0.00946. The van der Waals surface area contributed by atoms with E-state index in [1.165, 1.54) is 27.8 Å². The summed E-state index contributed by atoms with van der Waals surface area (Å²) in [4.78, 5) is 7.44. The summed E-state index contributed by atoms with van der Waals surface area (Å²) >= 11 is 0. The van der Waals surface area contributed by atoms with Crippen molar-refractivity contribution in [3.05, 3.63) is 373 Å². The average Bonchev–Trinajstić information content (AvgIpc) is 0.940. The van der Waals surface area contributed by atoms with Gasteiger partial charge < -0.3 is 24.0 Å². The number of ether oxygens (including phenoxy) is 1. The zero-order valence-corrected chi connectivity index (χ0v) is 71.6. The third-order valence-corrected chi connectivity index (χ3v) is 26.6. The lowest BCUT2D eigenvalue weighted by Crippen LogP contribution is -2.64. The quantitative estimate of drug-likeness (QED) is 0.134. The number of fused-ring (bicyclic) bond motifs is 14. The second-order valence-electron chi connectivity index (χ2n) is 38.6. The molecule has 0 radical (unpaired) electrons. The smallest absolute Gasteiger partial charge is 0.256 e. The maximum absolute atomic E-state index is 10.2. The van der Waals surface area contributed by atoms with Gasteiger partial charge in [0, 0.05) is 84.3 Å².